The van der Waals surface area contributed by atoms with Gasteiger partial charge in [0.2, 0.25) is 0 Å². The van der Waals surface area contributed by atoms with Gasteiger partial charge in [-0.3, -0.25) is 4.79 Å². The summed E-state index contributed by atoms with van der Waals surface area (Å²) in [7, 11) is 0. The van der Waals surface area contributed by atoms with Gasteiger partial charge in [-0.1, -0.05) is 13.8 Å². The quantitative estimate of drug-likeness (QED) is 0.547. The molecule has 0 atom stereocenters. The second kappa shape index (κ2) is 6.15. The molecule has 0 N–H and O–H groups in total. The van der Waals surface area contributed by atoms with E-state index in [1.807, 2.05) is 13.8 Å². The number of esters is 1. The molecule has 16 heavy (non-hydrogen) atoms. The lowest BCUT2D eigenvalue weighted by molar-refractivity contribution is -0.137. The number of benzene rings is 1. The molecule has 0 unspecified atom stereocenters. The molecule has 90 valence electrons. The van der Waals surface area contributed by atoms with Crippen molar-refractivity contribution in [2.24, 2.45) is 0 Å². The SMILES string of the molecule is CC.CC(=O)Oc1ccc(C(F)(F)F)cc1. The number of rotatable bonds is 1. The van der Waals surface area contributed by atoms with Crippen molar-refractivity contribution in [1.29, 1.82) is 0 Å². The van der Waals surface area contributed by atoms with E-state index >= 15 is 0 Å². The lowest BCUT2D eigenvalue weighted by Crippen LogP contribution is -2.05. The number of carbonyl (C=O) groups is 1. The Morgan fingerprint density at radius 3 is 1.88 bits per heavy atom. The van der Waals surface area contributed by atoms with Crippen LogP contribution in [0.3, 0.4) is 0 Å². The molecule has 2 nitrogen and oxygen atoms in total. The second-order valence-electron chi connectivity index (χ2n) is 2.62. The second-order valence-corrected chi connectivity index (χ2v) is 2.62. The van der Waals surface area contributed by atoms with Crippen LogP contribution < -0.4 is 4.74 Å². The molecule has 0 aliphatic rings. The van der Waals surface area contributed by atoms with Crippen molar-refractivity contribution in [3.8, 4) is 5.75 Å². The monoisotopic (exact) mass is 234 g/mol. The largest absolute Gasteiger partial charge is 0.427 e. The maximum Gasteiger partial charge on any atom is 0.416 e. The normalized spacial score (nSPS) is 10.1. The van der Waals surface area contributed by atoms with Gasteiger partial charge < -0.3 is 4.74 Å². The highest BCUT2D eigenvalue weighted by Gasteiger charge is 2.30. The number of hydrogen-bond acceptors (Lipinski definition) is 2. The summed E-state index contributed by atoms with van der Waals surface area (Å²) in [4.78, 5) is 10.5. The first kappa shape index (κ1) is 14.5. The summed E-state index contributed by atoms with van der Waals surface area (Å²) in [6.07, 6.45) is -4.37. The topological polar surface area (TPSA) is 26.3 Å². The van der Waals surface area contributed by atoms with Crippen LogP contribution in [0.1, 0.15) is 26.3 Å². The predicted molar refractivity (Wildman–Crippen MR) is 54.1 cm³/mol. The first-order valence-electron chi connectivity index (χ1n) is 4.75. The van der Waals surface area contributed by atoms with Gasteiger partial charge in [0, 0.05) is 6.92 Å². The summed E-state index contributed by atoms with van der Waals surface area (Å²) in [6, 6.07) is 3.92. The van der Waals surface area contributed by atoms with E-state index in [4.69, 9.17) is 0 Å². The summed E-state index contributed by atoms with van der Waals surface area (Å²) in [5.74, 6) is -0.463. The number of carbonyl (C=O) groups excluding carboxylic acids is 1. The molecule has 0 heterocycles. The van der Waals surface area contributed by atoms with Crippen LogP contribution in [0.15, 0.2) is 24.3 Å². The molecule has 0 amide bonds. The summed E-state index contributed by atoms with van der Waals surface area (Å²) >= 11 is 0. The molecule has 0 saturated heterocycles. The first-order chi connectivity index (χ1) is 7.39. The van der Waals surface area contributed by atoms with E-state index in [-0.39, 0.29) is 5.75 Å². The molecule has 5 heteroatoms. The molecule has 0 aromatic heterocycles. The highest BCUT2D eigenvalue weighted by molar-refractivity contribution is 5.69. The molecular formula is C11H13F3O2. The van der Waals surface area contributed by atoms with Crippen molar-refractivity contribution >= 4 is 5.97 Å². The molecular weight excluding hydrogens is 221 g/mol. The third-order valence-corrected chi connectivity index (χ3v) is 1.44. The highest BCUT2D eigenvalue weighted by Crippen LogP contribution is 2.30. The molecule has 1 aromatic rings. The van der Waals surface area contributed by atoms with Crippen LogP contribution in [0.4, 0.5) is 13.2 Å². The Kier molecular flexibility index (Phi) is 5.56. The van der Waals surface area contributed by atoms with Crippen molar-refractivity contribution < 1.29 is 22.7 Å². The molecule has 0 radical (unpaired) electrons. The Morgan fingerprint density at radius 2 is 1.56 bits per heavy atom. The van der Waals surface area contributed by atoms with Gasteiger partial charge >= 0.3 is 12.1 Å². The van der Waals surface area contributed by atoms with E-state index in [9.17, 15) is 18.0 Å². The maximum atomic E-state index is 12.1. The van der Waals surface area contributed by atoms with Gasteiger partial charge in [0.15, 0.2) is 0 Å². The fraction of sp³-hybridized carbons (Fsp3) is 0.364. The molecule has 0 fully saturated rings. The van der Waals surface area contributed by atoms with Gasteiger partial charge in [0.1, 0.15) is 5.75 Å². The predicted octanol–water partition coefficient (Wildman–Crippen LogP) is 3.66. The smallest absolute Gasteiger partial charge is 0.416 e. The van der Waals surface area contributed by atoms with Gasteiger partial charge in [-0.25, -0.2) is 0 Å². The van der Waals surface area contributed by atoms with E-state index in [0.29, 0.717) is 0 Å². The minimum atomic E-state index is -4.37. The van der Waals surface area contributed by atoms with Crippen LogP contribution in [-0.2, 0) is 11.0 Å². The van der Waals surface area contributed by atoms with E-state index in [1.165, 1.54) is 6.92 Å². The lowest BCUT2D eigenvalue weighted by Gasteiger charge is -2.06. The van der Waals surface area contributed by atoms with Crippen LogP contribution in [0, 0.1) is 0 Å². The van der Waals surface area contributed by atoms with Crippen molar-refractivity contribution in [3.05, 3.63) is 29.8 Å². The van der Waals surface area contributed by atoms with Crippen molar-refractivity contribution in [1.82, 2.24) is 0 Å². The standard InChI is InChI=1S/C9H7F3O2.C2H6/c1-6(13)14-8-4-2-7(3-5-8)9(10,11)12;1-2/h2-5H,1H3;1-2H3. The van der Waals surface area contributed by atoms with Crippen LogP contribution in [0.25, 0.3) is 0 Å². The highest BCUT2D eigenvalue weighted by atomic mass is 19.4. The number of alkyl halides is 3. The first-order valence-corrected chi connectivity index (χ1v) is 4.75. The molecule has 1 rings (SSSR count). The van der Waals surface area contributed by atoms with Crippen LogP contribution in [-0.4, -0.2) is 5.97 Å². The average Bonchev–Trinajstić information content (AvgIpc) is 2.19. The Hall–Kier alpha value is -1.52. The minimum Gasteiger partial charge on any atom is -0.427 e. The Balaban J connectivity index is 0.00000106. The molecule has 0 bridgehead atoms. The molecule has 0 aliphatic heterocycles. The summed E-state index contributed by atoms with van der Waals surface area (Å²) < 4.78 is 40.8. The summed E-state index contributed by atoms with van der Waals surface area (Å²) in [6.45, 7) is 5.18. The van der Waals surface area contributed by atoms with Gasteiger partial charge in [-0.15, -0.1) is 0 Å². The Morgan fingerprint density at radius 1 is 1.12 bits per heavy atom. The van der Waals surface area contributed by atoms with Crippen LogP contribution in [0.2, 0.25) is 0 Å². The van der Waals surface area contributed by atoms with E-state index < -0.39 is 17.7 Å². The number of ether oxygens (including phenoxy) is 1. The Labute approximate surface area is 92.0 Å². The zero-order valence-electron chi connectivity index (χ0n) is 9.26. The van der Waals surface area contributed by atoms with Crippen molar-refractivity contribution in [3.63, 3.8) is 0 Å². The Bertz CT molecular complexity index is 328. The zero-order chi connectivity index (χ0) is 12.8. The number of hydrogen-bond donors (Lipinski definition) is 0. The molecule has 0 saturated carbocycles. The fourth-order valence-electron chi connectivity index (χ4n) is 0.878. The zero-order valence-corrected chi connectivity index (χ0v) is 9.26. The average molecular weight is 234 g/mol. The molecule has 0 aliphatic carbocycles. The third-order valence-electron chi connectivity index (χ3n) is 1.44. The van der Waals surface area contributed by atoms with Gasteiger partial charge in [-0.05, 0) is 24.3 Å². The van der Waals surface area contributed by atoms with Crippen molar-refractivity contribution in [2.75, 3.05) is 0 Å². The molecule has 0 spiro atoms. The van der Waals surface area contributed by atoms with Crippen LogP contribution >= 0.6 is 0 Å². The van der Waals surface area contributed by atoms with Crippen LogP contribution in [0.5, 0.6) is 5.75 Å². The molecule has 1 aromatic carbocycles. The van der Waals surface area contributed by atoms with Gasteiger partial charge in [0.05, 0.1) is 5.56 Å². The maximum absolute atomic E-state index is 12.1. The van der Waals surface area contributed by atoms with E-state index in [1.54, 1.807) is 0 Å². The number of halogens is 3. The fourth-order valence-corrected chi connectivity index (χ4v) is 0.878. The summed E-state index contributed by atoms with van der Waals surface area (Å²) in [5, 5.41) is 0. The van der Waals surface area contributed by atoms with E-state index in [0.717, 1.165) is 24.3 Å². The van der Waals surface area contributed by atoms with Crippen molar-refractivity contribution in [2.45, 2.75) is 26.9 Å². The van der Waals surface area contributed by atoms with Gasteiger partial charge in [-0.2, -0.15) is 13.2 Å². The minimum absolute atomic E-state index is 0.102. The summed E-state index contributed by atoms with van der Waals surface area (Å²) in [5.41, 5.74) is -0.770. The van der Waals surface area contributed by atoms with Gasteiger partial charge in [0.25, 0.3) is 0 Å². The lowest BCUT2D eigenvalue weighted by atomic mass is 10.2. The van der Waals surface area contributed by atoms with E-state index in [2.05, 4.69) is 4.74 Å². The third kappa shape index (κ3) is 4.82.